The predicted octanol–water partition coefficient (Wildman–Crippen LogP) is 1.58. The molecular formula is C13H15N3O2. The average Bonchev–Trinajstić information content (AvgIpc) is 2.93. The van der Waals surface area contributed by atoms with E-state index in [2.05, 4.69) is 5.10 Å². The zero-order chi connectivity index (χ0) is 12.7. The van der Waals surface area contributed by atoms with Crippen LogP contribution in [0.1, 0.15) is 11.3 Å². The predicted molar refractivity (Wildman–Crippen MR) is 67.4 cm³/mol. The Balaban J connectivity index is 2.17. The molecule has 0 fully saturated rings. The largest absolute Gasteiger partial charge is 0.454 e. The van der Waals surface area contributed by atoms with Crippen LogP contribution in [-0.4, -0.2) is 16.6 Å². The molecule has 2 heterocycles. The highest BCUT2D eigenvalue weighted by Crippen LogP contribution is 2.39. The van der Waals surface area contributed by atoms with E-state index in [0.29, 0.717) is 6.54 Å². The number of ether oxygens (including phenoxy) is 2. The number of nitrogens with zero attached hydrogens (tertiary/aromatic N) is 2. The molecule has 0 radical (unpaired) electrons. The van der Waals surface area contributed by atoms with Gasteiger partial charge in [-0.15, -0.1) is 0 Å². The van der Waals surface area contributed by atoms with Gasteiger partial charge in [0.1, 0.15) is 0 Å². The van der Waals surface area contributed by atoms with E-state index in [1.807, 2.05) is 32.3 Å². The van der Waals surface area contributed by atoms with E-state index >= 15 is 0 Å². The molecule has 0 unspecified atom stereocenters. The molecule has 0 atom stereocenters. The summed E-state index contributed by atoms with van der Waals surface area (Å²) in [4.78, 5) is 0. The Bertz CT molecular complexity index is 605. The summed E-state index contributed by atoms with van der Waals surface area (Å²) in [6, 6.07) is 3.98. The number of aryl methyl sites for hydroxylation is 2. The lowest BCUT2D eigenvalue weighted by Crippen LogP contribution is -2.05. The van der Waals surface area contributed by atoms with Gasteiger partial charge in [0.2, 0.25) is 6.79 Å². The Kier molecular flexibility index (Phi) is 2.48. The molecule has 2 N–H and O–H groups in total. The Hall–Kier alpha value is -2.01. The molecule has 1 aromatic carbocycles. The van der Waals surface area contributed by atoms with Crippen molar-refractivity contribution in [1.29, 1.82) is 0 Å². The molecule has 0 spiro atoms. The van der Waals surface area contributed by atoms with E-state index in [1.165, 1.54) is 0 Å². The Morgan fingerprint density at radius 2 is 2.00 bits per heavy atom. The van der Waals surface area contributed by atoms with Crippen LogP contribution in [0.15, 0.2) is 18.3 Å². The average molecular weight is 245 g/mol. The van der Waals surface area contributed by atoms with Crippen molar-refractivity contribution in [3.8, 4) is 22.6 Å². The minimum Gasteiger partial charge on any atom is -0.454 e. The quantitative estimate of drug-likeness (QED) is 0.872. The number of hydrogen-bond donors (Lipinski definition) is 1. The third-order valence-electron chi connectivity index (χ3n) is 3.26. The molecule has 0 saturated carbocycles. The van der Waals surface area contributed by atoms with E-state index in [9.17, 15) is 0 Å². The number of benzene rings is 1. The first-order valence-electron chi connectivity index (χ1n) is 5.82. The second kappa shape index (κ2) is 4.03. The van der Waals surface area contributed by atoms with Crippen molar-refractivity contribution in [3.05, 3.63) is 29.6 Å². The smallest absolute Gasteiger partial charge is 0.231 e. The maximum absolute atomic E-state index is 5.78. The van der Waals surface area contributed by atoms with Gasteiger partial charge >= 0.3 is 0 Å². The van der Waals surface area contributed by atoms with Crippen molar-refractivity contribution < 1.29 is 9.47 Å². The third-order valence-corrected chi connectivity index (χ3v) is 3.26. The maximum atomic E-state index is 5.78. The number of nitrogens with two attached hydrogens (primary N) is 1. The van der Waals surface area contributed by atoms with E-state index in [1.54, 1.807) is 4.68 Å². The minimum absolute atomic E-state index is 0.287. The number of rotatable bonds is 2. The van der Waals surface area contributed by atoms with Gasteiger partial charge in [0.25, 0.3) is 0 Å². The molecule has 1 aromatic heterocycles. The molecular weight excluding hydrogens is 230 g/mol. The van der Waals surface area contributed by atoms with E-state index in [-0.39, 0.29) is 6.79 Å². The van der Waals surface area contributed by atoms with Crippen LogP contribution < -0.4 is 15.2 Å². The fourth-order valence-corrected chi connectivity index (χ4v) is 2.26. The molecule has 1 aliphatic heterocycles. The minimum atomic E-state index is 0.287. The Labute approximate surface area is 105 Å². The van der Waals surface area contributed by atoms with Crippen molar-refractivity contribution in [1.82, 2.24) is 9.78 Å². The molecule has 0 saturated heterocycles. The van der Waals surface area contributed by atoms with Crippen LogP contribution in [0, 0.1) is 6.92 Å². The topological polar surface area (TPSA) is 62.3 Å². The Morgan fingerprint density at radius 3 is 2.72 bits per heavy atom. The van der Waals surface area contributed by atoms with Crippen molar-refractivity contribution in [2.45, 2.75) is 13.5 Å². The summed E-state index contributed by atoms with van der Waals surface area (Å²) in [5, 5.41) is 4.26. The van der Waals surface area contributed by atoms with Crippen molar-refractivity contribution in [2.24, 2.45) is 12.8 Å². The molecule has 0 aliphatic carbocycles. The van der Waals surface area contributed by atoms with Crippen molar-refractivity contribution >= 4 is 0 Å². The SMILES string of the molecule is Cc1cc2c(cc1-c1cnn(C)c1CN)OCO2. The highest BCUT2D eigenvalue weighted by molar-refractivity contribution is 5.72. The summed E-state index contributed by atoms with van der Waals surface area (Å²) in [7, 11) is 1.90. The van der Waals surface area contributed by atoms with Crippen LogP contribution in [0.2, 0.25) is 0 Å². The van der Waals surface area contributed by atoms with Gasteiger partial charge in [-0.1, -0.05) is 0 Å². The lowest BCUT2D eigenvalue weighted by atomic mass is 10.00. The van der Waals surface area contributed by atoms with Crippen molar-refractivity contribution in [2.75, 3.05) is 6.79 Å². The van der Waals surface area contributed by atoms with Gasteiger partial charge in [0.05, 0.1) is 11.9 Å². The molecule has 2 aromatic rings. The fourth-order valence-electron chi connectivity index (χ4n) is 2.26. The van der Waals surface area contributed by atoms with Gasteiger partial charge in [-0.2, -0.15) is 5.10 Å². The van der Waals surface area contributed by atoms with Gasteiger partial charge in [-0.05, 0) is 30.2 Å². The van der Waals surface area contributed by atoms with Crippen LogP contribution in [0.25, 0.3) is 11.1 Å². The van der Waals surface area contributed by atoms with Crippen molar-refractivity contribution in [3.63, 3.8) is 0 Å². The zero-order valence-electron chi connectivity index (χ0n) is 10.4. The summed E-state index contributed by atoms with van der Waals surface area (Å²) in [6.45, 7) is 2.79. The van der Waals surface area contributed by atoms with Crippen LogP contribution in [-0.2, 0) is 13.6 Å². The van der Waals surface area contributed by atoms with Gasteiger partial charge < -0.3 is 15.2 Å². The van der Waals surface area contributed by atoms with Gasteiger partial charge in [-0.25, -0.2) is 0 Å². The molecule has 94 valence electrons. The molecule has 1 aliphatic rings. The normalized spacial score (nSPS) is 13.1. The fraction of sp³-hybridized carbons (Fsp3) is 0.308. The van der Waals surface area contributed by atoms with Crippen LogP contribution in [0.4, 0.5) is 0 Å². The van der Waals surface area contributed by atoms with Crippen LogP contribution in [0.3, 0.4) is 0 Å². The third kappa shape index (κ3) is 1.55. The first-order chi connectivity index (χ1) is 8.70. The number of aromatic nitrogens is 2. The van der Waals surface area contributed by atoms with Gasteiger partial charge in [-0.3, -0.25) is 4.68 Å². The molecule has 5 nitrogen and oxygen atoms in total. The summed E-state index contributed by atoms with van der Waals surface area (Å²) < 4.78 is 12.6. The highest BCUT2D eigenvalue weighted by atomic mass is 16.7. The molecule has 0 amide bonds. The molecule has 3 rings (SSSR count). The monoisotopic (exact) mass is 245 g/mol. The highest BCUT2D eigenvalue weighted by Gasteiger charge is 2.18. The van der Waals surface area contributed by atoms with Crippen LogP contribution >= 0.6 is 0 Å². The number of hydrogen-bond acceptors (Lipinski definition) is 4. The zero-order valence-corrected chi connectivity index (χ0v) is 10.4. The van der Waals surface area contributed by atoms with Gasteiger partial charge in [0.15, 0.2) is 11.5 Å². The second-order valence-corrected chi connectivity index (χ2v) is 4.35. The van der Waals surface area contributed by atoms with E-state index in [0.717, 1.165) is 33.9 Å². The van der Waals surface area contributed by atoms with E-state index < -0.39 is 0 Å². The lowest BCUT2D eigenvalue weighted by molar-refractivity contribution is 0.174. The summed E-state index contributed by atoms with van der Waals surface area (Å²) in [6.07, 6.45) is 1.84. The first kappa shape index (κ1) is 11.1. The standard InChI is InChI=1S/C13H15N3O2/c1-8-3-12-13(18-7-17-12)4-9(8)10-6-15-16(2)11(10)5-14/h3-4,6H,5,7,14H2,1-2H3. The van der Waals surface area contributed by atoms with Gasteiger partial charge in [0, 0.05) is 19.2 Å². The van der Waals surface area contributed by atoms with Crippen LogP contribution in [0.5, 0.6) is 11.5 Å². The maximum Gasteiger partial charge on any atom is 0.231 e. The summed E-state index contributed by atoms with van der Waals surface area (Å²) in [5.41, 5.74) is 10.1. The summed E-state index contributed by atoms with van der Waals surface area (Å²) in [5.74, 6) is 1.58. The lowest BCUT2D eigenvalue weighted by Gasteiger charge is -2.08. The first-order valence-corrected chi connectivity index (χ1v) is 5.82. The number of fused-ring (bicyclic) bond motifs is 1. The Morgan fingerprint density at radius 1 is 1.28 bits per heavy atom. The molecule has 0 bridgehead atoms. The molecule has 5 heteroatoms. The second-order valence-electron chi connectivity index (χ2n) is 4.35. The molecule has 18 heavy (non-hydrogen) atoms. The summed E-state index contributed by atoms with van der Waals surface area (Å²) >= 11 is 0. The van der Waals surface area contributed by atoms with E-state index in [4.69, 9.17) is 15.2 Å².